The molecule has 0 fully saturated rings. The number of aliphatic hydroxyl groups is 1. The van der Waals surface area contributed by atoms with E-state index < -0.39 is 47.1 Å². The van der Waals surface area contributed by atoms with Crippen LogP contribution in [-0.2, 0) is 26.0 Å². The van der Waals surface area contributed by atoms with Crippen molar-refractivity contribution in [3.05, 3.63) is 54.1 Å². The Labute approximate surface area is 232 Å². The van der Waals surface area contributed by atoms with Crippen LogP contribution in [0.5, 0.6) is 5.75 Å². The number of hydrogen-bond acceptors (Lipinski definition) is 6. The van der Waals surface area contributed by atoms with E-state index >= 15 is 0 Å². The van der Waals surface area contributed by atoms with Gasteiger partial charge in [-0.05, 0) is 37.3 Å². The van der Waals surface area contributed by atoms with Gasteiger partial charge in [0.15, 0.2) is 0 Å². The fraction of sp³-hybridized carbons (Fsp3) is 0.481. The first kappa shape index (κ1) is 31.4. The highest BCUT2D eigenvalue weighted by Crippen LogP contribution is 2.30. The van der Waals surface area contributed by atoms with E-state index in [-0.39, 0.29) is 54.3 Å². The number of sulfonamides is 1. The second kappa shape index (κ2) is 13.0. The molecule has 0 spiro atoms. The van der Waals surface area contributed by atoms with E-state index in [4.69, 9.17) is 4.74 Å². The van der Waals surface area contributed by atoms with Crippen LogP contribution in [0.25, 0.3) is 0 Å². The van der Waals surface area contributed by atoms with Gasteiger partial charge in [0.2, 0.25) is 21.8 Å². The first-order chi connectivity index (χ1) is 18.7. The molecule has 0 saturated carbocycles. The lowest BCUT2D eigenvalue weighted by Crippen LogP contribution is -2.48. The van der Waals surface area contributed by atoms with E-state index in [2.05, 4.69) is 5.32 Å². The smallest absolute Gasteiger partial charge is 0.389 e. The van der Waals surface area contributed by atoms with Crippen molar-refractivity contribution in [2.45, 2.75) is 56.3 Å². The van der Waals surface area contributed by atoms with E-state index in [0.717, 1.165) is 0 Å². The van der Waals surface area contributed by atoms with Gasteiger partial charge in [-0.15, -0.1) is 0 Å². The molecular formula is C27H34F3N3O6S. The predicted molar refractivity (Wildman–Crippen MR) is 142 cm³/mol. The third-order valence-electron chi connectivity index (χ3n) is 6.72. The maximum absolute atomic E-state index is 13.3. The Balaban J connectivity index is 1.92. The number of benzene rings is 2. The minimum absolute atomic E-state index is 0.0523. The van der Waals surface area contributed by atoms with Crippen molar-refractivity contribution in [1.82, 2.24) is 9.21 Å². The number of carbonyl (C=O) groups excluding carboxylic acids is 2. The van der Waals surface area contributed by atoms with Crippen LogP contribution in [0.3, 0.4) is 0 Å². The molecule has 3 rings (SSSR count). The molecule has 0 aliphatic carbocycles. The van der Waals surface area contributed by atoms with Crippen LogP contribution >= 0.6 is 0 Å². The molecule has 2 aromatic rings. The van der Waals surface area contributed by atoms with E-state index in [0.29, 0.717) is 5.56 Å². The van der Waals surface area contributed by atoms with Gasteiger partial charge in [-0.25, -0.2) is 8.42 Å². The summed E-state index contributed by atoms with van der Waals surface area (Å²) in [7, 11) is -2.41. The Hall–Kier alpha value is -3.16. The van der Waals surface area contributed by atoms with E-state index in [1.54, 1.807) is 25.1 Å². The van der Waals surface area contributed by atoms with Gasteiger partial charge < -0.3 is 20.1 Å². The summed E-state index contributed by atoms with van der Waals surface area (Å²) in [5, 5.41) is 12.2. The molecule has 0 bridgehead atoms. The SMILES string of the molecule is C[C@@H]1CN([C@H](C)CO)C(=O)Cc2cc(NC(=O)CCC(F)(F)F)ccc2O[C@H]1CN(C)S(=O)(=O)c1ccccc1. The van der Waals surface area contributed by atoms with Crippen LogP contribution in [-0.4, -0.2) is 79.6 Å². The highest BCUT2D eigenvalue weighted by Gasteiger charge is 2.33. The van der Waals surface area contributed by atoms with Crippen LogP contribution in [0.2, 0.25) is 0 Å². The van der Waals surface area contributed by atoms with Gasteiger partial charge in [-0.3, -0.25) is 9.59 Å². The molecule has 9 nitrogen and oxygen atoms in total. The number of nitrogens with zero attached hydrogens (tertiary/aromatic N) is 2. The highest BCUT2D eigenvalue weighted by molar-refractivity contribution is 7.89. The Bertz CT molecular complexity index is 1290. The Morgan fingerprint density at radius 2 is 1.90 bits per heavy atom. The molecule has 0 radical (unpaired) electrons. The summed E-state index contributed by atoms with van der Waals surface area (Å²) >= 11 is 0. The van der Waals surface area contributed by atoms with Gasteiger partial charge in [0.05, 0.1) is 36.9 Å². The van der Waals surface area contributed by atoms with Gasteiger partial charge in [0.1, 0.15) is 11.9 Å². The predicted octanol–water partition coefficient (Wildman–Crippen LogP) is 3.44. The van der Waals surface area contributed by atoms with E-state index in [1.807, 2.05) is 6.92 Å². The lowest BCUT2D eigenvalue weighted by molar-refractivity contribution is -0.142. The van der Waals surface area contributed by atoms with Gasteiger partial charge in [-0.1, -0.05) is 25.1 Å². The van der Waals surface area contributed by atoms with Gasteiger partial charge in [-0.2, -0.15) is 17.5 Å². The average Bonchev–Trinajstić information content (AvgIpc) is 2.94. The maximum atomic E-state index is 13.3. The Kier molecular flexibility index (Phi) is 10.2. The number of hydrogen-bond donors (Lipinski definition) is 2. The van der Waals surface area contributed by atoms with Crippen molar-refractivity contribution < 1.29 is 41.0 Å². The molecule has 0 aromatic heterocycles. The summed E-state index contributed by atoms with van der Waals surface area (Å²) in [6.07, 6.45) is -7.36. The molecule has 40 heavy (non-hydrogen) atoms. The second-order valence-corrected chi connectivity index (χ2v) is 12.0. The molecule has 2 aromatic carbocycles. The number of carbonyl (C=O) groups is 2. The molecule has 2 amide bonds. The number of amides is 2. The normalized spacial score (nSPS) is 19.2. The van der Waals surface area contributed by atoms with Crippen LogP contribution in [0.4, 0.5) is 18.9 Å². The topological polar surface area (TPSA) is 116 Å². The molecule has 0 saturated heterocycles. The van der Waals surface area contributed by atoms with Gasteiger partial charge >= 0.3 is 6.18 Å². The molecule has 3 atom stereocenters. The van der Waals surface area contributed by atoms with Crippen LogP contribution in [0.1, 0.15) is 32.3 Å². The minimum atomic E-state index is -4.47. The first-order valence-electron chi connectivity index (χ1n) is 12.8. The molecule has 13 heteroatoms. The molecule has 1 aliphatic rings. The summed E-state index contributed by atoms with van der Waals surface area (Å²) in [6.45, 7) is 3.33. The van der Waals surface area contributed by atoms with Crippen molar-refractivity contribution >= 4 is 27.5 Å². The Morgan fingerprint density at radius 3 is 2.52 bits per heavy atom. The van der Waals surface area contributed by atoms with Crippen molar-refractivity contribution in [3.8, 4) is 5.75 Å². The molecule has 1 heterocycles. The highest BCUT2D eigenvalue weighted by atomic mass is 32.2. The Morgan fingerprint density at radius 1 is 1.23 bits per heavy atom. The number of fused-ring (bicyclic) bond motifs is 1. The van der Waals surface area contributed by atoms with Gasteiger partial charge in [0.25, 0.3) is 0 Å². The zero-order valence-electron chi connectivity index (χ0n) is 22.5. The van der Waals surface area contributed by atoms with Crippen LogP contribution < -0.4 is 10.1 Å². The summed E-state index contributed by atoms with van der Waals surface area (Å²) in [4.78, 5) is 27.0. The summed E-state index contributed by atoms with van der Waals surface area (Å²) in [5.74, 6) is -1.24. The van der Waals surface area contributed by atoms with Crippen LogP contribution in [0, 0.1) is 5.92 Å². The van der Waals surface area contributed by atoms with Crippen molar-refractivity contribution in [2.24, 2.45) is 5.92 Å². The lowest BCUT2D eigenvalue weighted by atomic mass is 10.0. The first-order valence-corrected chi connectivity index (χ1v) is 14.2. The zero-order valence-corrected chi connectivity index (χ0v) is 23.3. The van der Waals surface area contributed by atoms with E-state index in [9.17, 15) is 36.3 Å². The zero-order chi connectivity index (χ0) is 29.7. The fourth-order valence-corrected chi connectivity index (χ4v) is 5.53. The number of likely N-dealkylation sites (N-methyl/N-ethyl adjacent to an activating group) is 1. The third kappa shape index (κ3) is 8.18. The largest absolute Gasteiger partial charge is 0.488 e. The third-order valence-corrected chi connectivity index (χ3v) is 8.56. The molecule has 1 aliphatic heterocycles. The number of alkyl halides is 3. The summed E-state index contributed by atoms with van der Waals surface area (Å²) < 4.78 is 71.3. The summed E-state index contributed by atoms with van der Waals surface area (Å²) in [5.41, 5.74) is 0.554. The lowest BCUT2D eigenvalue weighted by Gasteiger charge is -2.33. The average molecular weight is 586 g/mol. The number of nitrogens with one attached hydrogen (secondary N) is 1. The molecule has 220 valence electrons. The van der Waals surface area contributed by atoms with Crippen molar-refractivity contribution in [3.63, 3.8) is 0 Å². The standard InChI is InChI=1S/C27H34F3N3O6S/c1-18-15-33(19(2)17-34)26(36)14-20-13-21(31-25(35)11-12-27(28,29)30)9-10-23(20)39-24(18)16-32(3)40(37,38)22-7-5-4-6-8-22/h4-10,13,18-19,24,34H,11-12,14-17H2,1-3H3,(H,31,35)/t18-,19-,24+/m1/s1. The number of ether oxygens (including phenoxy) is 1. The summed E-state index contributed by atoms with van der Waals surface area (Å²) in [6, 6.07) is 11.8. The maximum Gasteiger partial charge on any atom is 0.389 e. The molecule has 0 unspecified atom stereocenters. The molecule has 2 N–H and O–H groups in total. The number of rotatable bonds is 9. The quantitative estimate of drug-likeness (QED) is 0.466. The fourth-order valence-electron chi connectivity index (χ4n) is 4.33. The molecular weight excluding hydrogens is 551 g/mol. The van der Waals surface area contributed by atoms with Gasteiger partial charge in [0, 0.05) is 37.2 Å². The number of anilines is 1. The number of halogens is 3. The minimum Gasteiger partial charge on any atom is -0.488 e. The second-order valence-electron chi connectivity index (χ2n) is 9.97. The monoisotopic (exact) mass is 585 g/mol. The van der Waals surface area contributed by atoms with Crippen molar-refractivity contribution in [2.75, 3.05) is 32.1 Å². The van der Waals surface area contributed by atoms with E-state index in [1.165, 1.54) is 46.6 Å². The van der Waals surface area contributed by atoms with Crippen LogP contribution in [0.15, 0.2) is 53.4 Å². The van der Waals surface area contributed by atoms with Crippen molar-refractivity contribution in [1.29, 1.82) is 0 Å². The number of aliphatic hydroxyl groups excluding tert-OH is 1.